The van der Waals surface area contributed by atoms with Gasteiger partial charge in [-0.3, -0.25) is 4.79 Å². The number of esters is 1. The van der Waals surface area contributed by atoms with Crippen LogP contribution in [0.1, 0.15) is 18.9 Å². The van der Waals surface area contributed by atoms with Crippen molar-refractivity contribution >= 4 is 16.0 Å². The van der Waals surface area contributed by atoms with Gasteiger partial charge in [0.25, 0.3) is 0 Å². The highest BCUT2D eigenvalue weighted by atomic mass is 32.2. The third kappa shape index (κ3) is 5.37. The highest BCUT2D eigenvalue weighted by Gasteiger charge is 2.25. The predicted octanol–water partition coefficient (Wildman–Crippen LogP) is 2.97. The molecule has 5 nitrogen and oxygen atoms in total. The Kier molecular flexibility index (Phi) is 6.66. The van der Waals surface area contributed by atoms with Gasteiger partial charge in [-0.2, -0.15) is 4.31 Å². The summed E-state index contributed by atoms with van der Waals surface area (Å²) in [6.45, 7) is 1.95. The van der Waals surface area contributed by atoms with Gasteiger partial charge in [0, 0.05) is 13.1 Å². The fourth-order valence-corrected chi connectivity index (χ4v) is 3.76. The molecule has 0 atom stereocenters. The molecule has 0 bridgehead atoms. The first kappa shape index (κ1) is 19.1. The van der Waals surface area contributed by atoms with Crippen molar-refractivity contribution in [1.82, 2.24) is 4.31 Å². The average molecular weight is 365 g/mol. The van der Waals surface area contributed by atoms with Gasteiger partial charge in [0.2, 0.25) is 10.0 Å². The Labute approximate surface area is 147 Å². The lowest BCUT2D eigenvalue weighted by Crippen LogP contribution is -2.33. The molecule has 7 heteroatoms. The number of carbonyl (C=O) groups excluding carboxylic acids is 1. The Morgan fingerprint density at radius 1 is 1.12 bits per heavy atom. The molecule has 2 rings (SSSR count). The van der Waals surface area contributed by atoms with E-state index < -0.39 is 21.8 Å². The van der Waals surface area contributed by atoms with Gasteiger partial charge in [-0.05, 0) is 30.7 Å². The van der Waals surface area contributed by atoms with Crippen LogP contribution in [0.3, 0.4) is 0 Å². The Balaban J connectivity index is 2.27. The molecule has 0 radical (unpaired) electrons. The highest BCUT2D eigenvalue weighted by Crippen LogP contribution is 2.19. The fraction of sp³-hybridized carbons (Fsp3) is 0.278. The summed E-state index contributed by atoms with van der Waals surface area (Å²) in [5.41, 5.74) is 0.770. The fourth-order valence-electron chi connectivity index (χ4n) is 2.30. The zero-order valence-corrected chi connectivity index (χ0v) is 14.7. The maximum absolute atomic E-state index is 13.4. The first-order valence-corrected chi connectivity index (χ1v) is 9.32. The molecule has 0 unspecified atom stereocenters. The van der Waals surface area contributed by atoms with Gasteiger partial charge in [0.1, 0.15) is 5.82 Å². The normalized spacial score (nSPS) is 11.5. The van der Waals surface area contributed by atoms with Crippen molar-refractivity contribution in [3.05, 3.63) is 66.0 Å². The van der Waals surface area contributed by atoms with E-state index in [1.165, 1.54) is 18.2 Å². The SMILES string of the molecule is CCOC(=O)CCN(Cc1ccccc1)S(=O)(=O)c1cccc(F)c1. The smallest absolute Gasteiger partial charge is 0.307 e. The molecule has 0 aliphatic heterocycles. The van der Waals surface area contributed by atoms with Crippen LogP contribution in [0, 0.1) is 5.82 Å². The van der Waals surface area contributed by atoms with E-state index in [0.717, 1.165) is 15.9 Å². The van der Waals surface area contributed by atoms with Crippen molar-refractivity contribution in [2.75, 3.05) is 13.2 Å². The van der Waals surface area contributed by atoms with Crippen LogP contribution >= 0.6 is 0 Å². The van der Waals surface area contributed by atoms with Crippen LogP contribution in [0.4, 0.5) is 4.39 Å². The molecule has 0 amide bonds. The van der Waals surface area contributed by atoms with Gasteiger partial charge >= 0.3 is 5.97 Å². The van der Waals surface area contributed by atoms with Gasteiger partial charge < -0.3 is 4.74 Å². The number of rotatable bonds is 8. The standard InChI is InChI=1S/C18H20FNO4S/c1-2-24-18(21)11-12-20(14-15-7-4-3-5-8-15)25(22,23)17-10-6-9-16(19)13-17/h3-10,13H,2,11-12,14H2,1H3. The summed E-state index contributed by atoms with van der Waals surface area (Å²) in [6, 6.07) is 13.8. The Bertz CT molecular complexity index is 809. The second kappa shape index (κ2) is 8.73. The number of nitrogens with zero attached hydrogens (tertiary/aromatic N) is 1. The van der Waals surface area contributed by atoms with E-state index in [2.05, 4.69) is 0 Å². The largest absolute Gasteiger partial charge is 0.466 e. The lowest BCUT2D eigenvalue weighted by Gasteiger charge is -2.22. The maximum atomic E-state index is 13.4. The van der Waals surface area contributed by atoms with E-state index in [1.54, 1.807) is 31.2 Å². The minimum atomic E-state index is -3.95. The minimum absolute atomic E-state index is 0.0490. The van der Waals surface area contributed by atoms with Crippen molar-refractivity contribution in [2.24, 2.45) is 0 Å². The van der Waals surface area contributed by atoms with E-state index in [9.17, 15) is 17.6 Å². The summed E-state index contributed by atoms with van der Waals surface area (Å²) < 4.78 is 45.2. The molecular formula is C18H20FNO4S. The first-order chi connectivity index (χ1) is 11.9. The maximum Gasteiger partial charge on any atom is 0.307 e. The topological polar surface area (TPSA) is 63.7 Å². The summed E-state index contributed by atoms with van der Waals surface area (Å²) in [6.07, 6.45) is -0.0742. The third-order valence-corrected chi connectivity index (χ3v) is 5.35. The zero-order chi connectivity index (χ0) is 18.3. The van der Waals surface area contributed by atoms with Crippen LogP contribution in [0.5, 0.6) is 0 Å². The van der Waals surface area contributed by atoms with Crippen molar-refractivity contribution < 1.29 is 22.3 Å². The lowest BCUT2D eigenvalue weighted by molar-refractivity contribution is -0.143. The number of benzene rings is 2. The monoisotopic (exact) mass is 365 g/mol. The van der Waals surface area contributed by atoms with Crippen molar-refractivity contribution in [1.29, 1.82) is 0 Å². The molecule has 2 aromatic rings. The van der Waals surface area contributed by atoms with Crippen molar-refractivity contribution in [2.45, 2.75) is 24.8 Å². The number of halogens is 1. The summed E-state index contributed by atoms with van der Waals surface area (Å²) >= 11 is 0. The quantitative estimate of drug-likeness (QED) is 0.675. The summed E-state index contributed by atoms with van der Waals surface area (Å²) in [4.78, 5) is 11.5. The Morgan fingerprint density at radius 2 is 1.84 bits per heavy atom. The molecule has 0 aliphatic carbocycles. The molecule has 2 aromatic carbocycles. The molecule has 0 heterocycles. The Morgan fingerprint density at radius 3 is 2.48 bits per heavy atom. The van der Waals surface area contributed by atoms with Gasteiger partial charge in [0.05, 0.1) is 17.9 Å². The van der Waals surface area contributed by atoms with E-state index in [4.69, 9.17) is 4.74 Å². The highest BCUT2D eigenvalue weighted by molar-refractivity contribution is 7.89. The molecule has 0 saturated heterocycles. The molecule has 25 heavy (non-hydrogen) atoms. The summed E-state index contributed by atoms with van der Waals surface area (Å²) in [5, 5.41) is 0. The van der Waals surface area contributed by atoms with Gasteiger partial charge in [-0.25, -0.2) is 12.8 Å². The van der Waals surface area contributed by atoms with Crippen LogP contribution < -0.4 is 0 Å². The summed E-state index contributed by atoms with van der Waals surface area (Å²) in [7, 11) is -3.95. The van der Waals surface area contributed by atoms with Crippen LogP contribution in [0.2, 0.25) is 0 Å². The molecule has 0 saturated carbocycles. The molecule has 0 spiro atoms. The van der Waals surface area contributed by atoms with Crippen LogP contribution in [-0.4, -0.2) is 31.8 Å². The van der Waals surface area contributed by atoms with Crippen molar-refractivity contribution in [3.63, 3.8) is 0 Å². The number of hydrogen-bond donors (Lipinski definition) is 0. The van der Waals surface area contributed by atoms with Gasteiger partial charge in [-0.15, -0.1) is 0 Å². The van der Waals surface area contributed by atoms with E-state index in [1.807, 2.05) is 6.07 Å². The molecule has 0 N–H and O–H groups in total. The van der Waals surface area contributed by atoms with E-state index in [-0.39, 0.29) is 31.0 Å². The average Bonchev–Trinajstić information content (AvgIpc) is 2.59. The molecular weight excluding hydrogens is 345 g/mol. The van der Waals surface area contributed by atoms with Crippen LogP contribution in [-0.2, 0) is 26.1 Å². The number of ether oxygens (including phenoxy) is 1. The zero-order valence-electron chi connectivity index (χ0n) is 13.9. The number of hydrogen-bond acceptors (Lipinski definition) is 4. The van der Waals surface area contributed by atoms with Crippen LogP contribution in [0.15, 0.2) is 59.5 Å². The Hall–Kier alpha value is -2.25. The van der Waals surface area contributed by atoms with E-state index in [0.29, 0.717) is 0 Å². The van der Waals surface area contributed by atoms with Crippen LogP contribution in [0.25, 0.3) is 0 Å². The predicted molar refractivity (Wildman–Crippen MR) is 91.7 cm³/mol. The lowest BCUT2D eigenvalue weighted by atomic mass is 10.2. The first-order valence-electron chi connectivity index (χ1n) is 7.88. The second-order valence-electron chi connectivity index (χ2n) is 5.34. The summed E-state index contributed by atoms with van der Waals surface area (Å²) in [5.74, 6) is -1.11. The molecule has 0 aliphatic rings. The van der Waals surface area contributed by atoms with E-state index >= 15 is 0 Å². The molecule has 0 fully saturated rings. The second-order valence-corrected chi connectivity index (χ2v) is 7.27. The molecule has 0 aromatic heterocycles. The van der Waals surface area contributed by atoms with Gasteiger partial charge in [-0.1, -0.05) is 36.4 Å². The van der Waals surface area contributed by atoms with Crippen molar-refractivity contribution in [3.8, 4) is 0 Å². The minimum Gasteiger partial charge on any atom is -0.466 e. The van der Waals surface area contributed by atoms with Gasteiger partial charge in [0.15, 0.2) is 0 Å². The third-order valence-electron chi connectivity index (χ3n) is 3.51. The number of sulfonamides is 1. The molecule has 134 valence electrons. The number of carbonyl (C=O) groups is 1.